The zero-order valence-electron chi connectivity index (χ0n) is 6.99. The van der Waals surface area contributed by atoms with Crippen LogP contribution in [0, 0.1) is 0 Å². The molecule has 0 aliphatic rings. The van der Waals surface area contributed by atoms with E-state index in [0.29, 0.717) is 12.1 Å². The lowest BCUT2D eigenvalue weighted by atomic mass is 10.2. The van der Waals surface area contributed by atoms with Gasteiger partial charge in [-0.3, -0.25) is 0 Å². The van der Waals surface area contributed by atoms with Crippen LogP contribution in [0.2, 0.25) is 0 Å². The smallest absolute Gasteiger partial charge is 0.405 e. The molecule has 0 saturated heterocycles. The Morgan fingerprint density at radius 2 is 1.40 bits per heavy atom. The molecule has 0 aromatic heterocycles. The van der Waals surface area contributed by atoms with Crippen molar-refractivity contribution < 1.29 is 31.1 Å². The molecule has 0 aliphatic heterocycles. The number of rotatable bonds is 1. The highest BCUT2D eigenvalue weighted by Gasteiger charge is 2.38. The third-order valence-electron chi connectivity index (χ3n) is 1.42. The second-order valence-corrected chi connectivity index (χ2v) is 2.54. The molecule has 1 rings (SSSR count). The van der Waals surface area contributed by atoms with Gasteiger partial charge in [0.25, 0.3) is 0 Å². The number of hydrogen-bond acceptors (Lipinski definition) is 1. The zero-order chi connectivity index (χ0) is 11.7. The quantitative estimate of drug-likeness (QED) is 0.669. The molecule has 0 unspecified atom stereocenters. The van der Waals surface area contributed by atoms with Crippen LogP contribution < -0.4 is 4.74 Å². The molecule has 84 valence electrons. The summed E-state index contributed by atoms with van der Waals surface area (Å²) in [5.41, 5.74) is -1.46. The SMILES string of the molecule is FC(F)(F)Oc1ccccc1C(F)(F)F. The van der Waals surface area contributed by atoms with Gasteiger partial charge in [0.2, 0.25) is 0 Å². The van der Waals surface area contributed by atoms with Crippen molar-refractivity contribution in [2.75, 3.05) is 0 Å². The number of para-hydroxylation sites is 1. The molecule has 0 atom stereocenters. The van der Waals surface area contributed by atoms with Crippen molar-refractivity contribution in [3.63, 3.8) is 0 Å². The summed E-state index contributed by atoms with van der Waals surface area (Å²) in [6, 6.07) is 3.12. The minimum Gasteiger partial charge on any atom is -0.405 e. The summed E-state index contributed by atoms with van der Waals surface area (Å²) < 4.78 is 74.9. The average Bonchev–Trinajstić information content (AvgIpc) is 1.99. The Bertz CT molecular complexity index is 340. The van der Waals surface area contributed by atoms with Crippen LogP contribution in [0.15, 0.2) is 24.3 Å². The number of alkyl halides is 6. The zero-order valence-corrected chi connectivity index (χ0v) is 6.99. The number of ether oxygens (including phenoxy) is 1. The molecule has 0 N–H and O–H groups in total. The van der Waals surface area contributed by atoms with Crippen LogP contribution >= 0.6 is 0 Å². The van der Waals surface area contributed by atoms with E-state index in [2.05, 4.69) is 4.74 Å². The Labute approximate surface area is 80.3 Å². The Hall–Kier alpha value is -1.40. The number of hydrogen-bond donors (Lipinski definition) is 0. The normalized spacial score (nSPS) is 12.7. The van der Waals surface area contributed by atoms with Crippen molar-refractivity contribution >= 4 is 0 Å². The first-order valence-corrected chi connectivity index (χ1v) is 3.62. The van der Waals surface area contributed by atoms with E-state index in [1.807, 2.05) is 0 Å². The first-order chi connectivity index (χ1) is 6.70. The van der Waals surface area contributed by atoms with Crippen molar-refractivity contribution in [3.8, 4) is 5.75 Å². The van der Waals surface area contributed by atoms with Gasteiger partial charge in [-0.1, -0.05) is 12.1 Å². The molecule has 0 amide bonds. The van der Waals surface area contributed by atoms with Crippen LogP contribution in [0.1, 0.15) is 5.56 Å². The fourth-order valence-corrected chi connectivity index (χ4v) is 0.915. The van der Waals surface area contributed by atoms with Gasteiger partial charge in [-0.05, 0) is 12.1 Å². The second-order valence-electron chi connectivity index (χ2n) is 2.54. The third kappa shape index (κ3) is 3.34. The summed E-state index contributed by atoms with van der Waals surface area (Å²) in [6.45, 7) is 0. The largest absolute Gasteiger partial charge is 0.573 e. The van der Waals surface area contributed by atoms with Crippen LogP contribution in [0.25, 0.3) is 0 Å². The fraction of sp³-hybridized carbons (Fsp3) is 0.250. The van der Waals surface area contributed by atoms with Gasteiger partial charge in [0.05, 0.1) is 5.56 Å². The lowest BCUT2D eigenvalue weighted by Crippen LogP contribution is -2.20. The van der Waals surface area contributed by atoms with Gasteiger partial charge in [0.1, 0.15) is 5.75 Å². The molecule has 7 heteroatoms. The molecule has 0 bridgehead atoms. The van der Waals surface area contributed by atoms with Crippen LogP contribution in [0.4, 0.5) is 26.3 Å². The number of benzene rings is 1. The molecule has 0 saturated carbocycles. The molecule has 0 radical (unpaired) electrons. The van der Waals surface area contributed by atoms with E-state index in [4.69, 9.17) is 0 Å². The monoisotopic (exact) mass is 230 g/mol. The molecule has 15 heavy (non-hydrogen) atoms. The van der Waals surface area contributed by atoms with Gasteiger partial charge >= 0.3 is 12.5 Å². The van der Waals surface area contributed by atoms with E-state index < -0.39 is 23.9 Å². The summed E-state index contributed by atoms with van der Waals surface area (Å²) in [5.74, 6) is -1.25. The van der Waals surface area contributed by atoms with Crippen molar-refractivity contribution in [1.29, 1.82) is 0 Å². The van der Waals surface area contributed by atoms with E-state index in [1.54, 1.807) is 0 Å². The van der Waals surface area contributed by atoms with E-state index in [0.717, 1.165) is 12.1 Å². The van der Waals surface area contributed by atoms with E-state index in [1.165, 1.54) is 0 Å². The molecule has 1 aromatic carbocycles. The van der Waals surface area contributed by atoms with Gasteiger partial charge in [0, 0.05) is 0 Å². The van der Waals surface area contributed by atoms with Gasteiger partial charge in [-0.25, -0.2) is 0 Å². The third-order valence-corrected chi connectivity index (χ3v) is 1.42. The molecule has 1 aromatic rings. The lowest BCUT2D eigenvalue weighted by Gasteiger charge is -2.14. The van der Waals surface area contributed by atoms with E-state index >= 15 is 0 Å². The van der Waals surface area contributed by atoms with Gasteiger partial charge in [-0.15, -0.1) is 13.2 Å². The average molecular weight is 230 g/mol. The summed E-state index contributed by atoms with van der Waals surface area (Å²) in [5, 5.41) is 0. The van der Waals surface area contributed by atoms with Crippen molar-refractivity contribution in [3.05, 3.63) is 29.8 Å². The summed E-state index contributed by atoms with van der Waals surface area (Å²) in [4.78, 5) is 0. The molecule has 0 spiro atoms. The predicted molar refractivity (Wildman–Crippen MR) is 38.1 cm³/mol. The Morgan fingerprint density at radius 3 is 1.87 bits per heavy atom. The summed E-state index contributed by atoms with van der Waals surface area (Å²) >= 11 is 0. The van der Waals surface area contributed by atoms with Crippen LogP contribution in [-0.2, 0) is 6.18 Å². The Balaban J connectivity index is 3.08. The van der Waals surface area contributed by atoms with Gasteiger partial charge < -0.3 is 4.74 Å². The van der Waals surface area contributed by atoms with E-state index in [-0.39, 0.29) is 0 Å². The highest BCUT2D eigenvalue weighted by atomic mass is 19.4. The molecule has 0 aliphatic carbocycles. The standard InChI is InChI=1S/C8H4F6O/c9-7(10,11)5-3-1-2-4-6(5)15-8(12,13)14/h1-4H. The highest BCUT2D eigenvalue weighted by Crippen LogP contribution is 2.37. The van der Waals surface area contributed by atoms with Crippen molar-refractivity contribution in [2.45, 2.75) is 12.5 Å². The number of halogens is 6. The maximum Gasteiger partial charge on any atom is 0.573 e. The highest BCUT2D eigenvalue weighted by molar-refractivity contribution is 5.35. The molecular weight excluding hydrogens is 226 g/mol. The second kappa shape index (κ2) is 3.63. The van der Waals surface area contributed by atoms with Crippen LogP contribution in [-0.4, -0.2) is 6.36 Å². The maximum absolute atomic E-state index is 12.2. The van der Waals surface area contributed by atoms with E-state index in [9.17, 15) is 26.3 Å². The lowest BCUT2D eigenvalue weighted by molar-refractivity contribution is -0.276. The van der Waals surface area contributed by atoms with Crippen LogP contribution in [0.5, 0.6) is 5.75 Å². The Kier molecular flexibility index (Phi) is 2.83. The summed E-state index contributed by atoms with van der Waals surface area (Å²) in [7, 11) is 0. The molecule has 0 fully saturated rings. The molecule has 0 heterocycles. The maximum atomic E-state index is 12.2. The van der Waals surface area contributed by atoms with Gasteiger partial charge in [-0.2, -0.15) is 13.2 Å². The molecule has 1 nitrogen and oxygen atoms in total. The first-order valence-electron chi connectivity index (χ1n) is 3.62. The topological polar surface area (TPSA) is 9.23 Å². The van der Waals surface area contributed by atoms with Crippen molar-refractivity contribution in [2.24, 2.45) is 0 Å². The van der Waals surface area contributed by atoms with Crippen molar-refractivity contribution in [1.82, 2.24) is 0 Å². The van der Waals surface area contributed by atoms with Gasteiger partial charge in [0.15, 0.2) is 0 Å². The van der Waals surface area contributed by atoms with Crippen LogP contribution in [0.3, 0.4) is 0 Å². The molecular formula is C8H4F6O. The fourth-order valence-electron chi connectivity index (χ4n) is 0.915. The predicted octanol–water partition coefficient (Wildman–Crippen LogP) is 3.60. The minimum absolute atomic E-state index is 0.515. The minimum atomic E-state index is -5.14. The first kappa shape index (κ1) is 11.7. The Morgan fingerprint density at radius 1 is 0.867 bits per heavy atom. The summed E-state index contributed by atoms with van der Waals surface area (Å²) in [6.07, 6.45) is -10.0.